The van der Waals surface area contributed by atoms with Crippen LogP contribution in [0.1, 0.15) is 48.0 Å². The van der Waals surface area contributed by atoms with Gasteiger partial charge in [0.2, 0.25) is 0 Å². The molecule has 3 N–H and O–H groups in total. The van der Waals surface area contributed by atoms with Crippen LogP contribution in [0, 0.1) is 5.41 Å². The summed E-state index contributed by atoms with van der Waals surface area (Å²) in [7, 11) is 1.74. The molecular weight excluding hydrogens is 264 g/mol. The SMILES string of the molecule is COCCC1(CNC(=O)c2ccc(CN)cc2)CCCC1. The molecule has 2 rings (SSSR count). The van der Waals surface area contributed by atoms with Gasteiger partial charge in [-0.3, -0.25) is 4.79 Å². The first kappa shape index (κ1) is 16.0. The van der Waals surface area contributed by atoms with Crippen LogP contribution in [0.4, 0.5) is 0 Å². The van der Waals surface area contributed by atoms with E-state index in [0.717, 1.165) is 25.1 Å². The average Bonchev–Trinajstić information content (AvgIpc) is 3.00. The summed E-state index contributed by atoms with van der Waals surface area (Å²) in [6.45, 7) is 2.01. The van der Waals surface area contributed by atoms with Gasteiger partial charge in [-0.2, -0.15) is 0 Å². The number of hydrogen-bond acceptors (Lipinski definition) is 3. The summed E-state index contributed by atoms with van der Waals surface area (Å²) in [6, 6.07) is 7.50. The Labute approximate surface area is 127 Å². The lowest BCUT2D eigenvalue weighted by Gasteiger charge is -2.29. The largest absolute Gasteiger partial charge is 0.385 e. The lowest BCUT2D eigenvalue weighted by atomic mass is 9.83. The van der Waals surface area contributed by atoms with Gasteiger partial charge in [-0.1, -0.05) is 25.0 Å². The number of carbonyl (C=O) groups excluding carboxylic acids is 1. The van der Waals surface area contributed by atoms with Crippen LogP contribution >= 0.6 is 0 Å². The van der Waals surface area contributed by atoms with E-state index in [4.69, 9.17) is 10.5 Å². The van der Waals surface area contributed by atoms with E-state index in [1.54, 1.807) is 7.11 Å². The topological polar surface area (TPSA) is 64.3 Å². The summed E-state index contributed by atoms with van der Waals surface area (Å²) in [6.07, 6.45) is 5.90. The number of benzene rings is 1. The van der Waals surface area contributed by atoms with Crippen molar-refractivity contribution in [1.82, 2.24) is 5.32 Å². The number of hydrogen-bond donors (Lipinski definition) is 2. The van der Waals surface area contributed by atoms with Gasteiger partial charge in [0.05, 0.1) is 0 Å². The zero-order valence-electron chi connectivity index (χ0n) is 12.9. The molecule has 0 spiro atoms. The average molecular weight is 290 g/mol. The summed E-state index contributed by atoms with van der Waals surface area (Å²) < 4.78 is 5.22. The molecule has 0 heterocycles. The Morgan fingerprint density at radius 1 is 1.29 bits per heavy atom. The minimum absolute atomic E-state index is 0.00210. The molecular formula is C17H26N2O2. The van der Waals surface area contributed by atoms with Gasteiger partial charge in [-0.05, 0) is 42.4 Å². The molecule has 1 aromatic rings. The maximum atomic E-state index is 12.2. The van der Waals surface area contributed by atoms with Crippen molar-refractivity contribution >= 4 is 5.91 Å². The van der Waals surface area contributed by atoms with Crippen molar-refractivity contribution in [3.63, 3.8) is 0 Å². The summed E-state index contributed by atoms with van der Waals surface area (Å²) in [5, 5.41) is 3.10. The molecule has 0 bridgehead atoms. The Balaban J connectivity index is 1.91. The number of nitrogens with one attached hydrogen (secondary N) is 1. The van der Waals surface area contributed by atoms with Crippen molar-refractivity contribution < 1.29 is 9.53 Å². The van der Waals surface area contributed by atoms with Crippen LogP contribution in [0.15, 0.2) is 24.3 Å². The first-order valence-corrected chi connectivity index (χ1v) is 7.75. The normalized spacial score (nSPS) is 16.9. The van der Waals surface area contributed by atoms with Gasteiger partial charge in [0.15, 0.2) is 0 Å². The van der Waals surface area contributed by atoms with Crippen molar-refractivity contribution in [3.8, 4) is 0 Å². The van der Waals surface area contributed by atoms with Gasteiger partial charge in [-0.15, -0.1) is 0 Å². The third-order valence-electron chi connectivity index (χ3n) is 4.58. The van der Waals surface area contributed by atoms with Gasteiger partial charge >= 0.3 is 0 Å². The Bertz CT molecular complexity index is 450. The smallest absolute Gasteiger partial charge is 0.251 e. The minimum Gasteiger partial charge on any atom is -0.385 e. The van der Waals surface area contributed by atoms with Gasteiger partial charge in [0, 0.05) is 32.4 Å². The first-order valence-electron chi connectivity index (χ1n) is 7.75. The van der Waals surface area contributed by atoms with Crippen LogP contribution in [-0.4, -0.2) is 26.2 Å². The zero-order valence-corrected chi connectivity index (χ0v) is 12.9. The molecule has 1 aliphatic carbocycles. The van der Waals surface area contributed by atoms with E-state index in [1.807, 2.05) is 24.3 Å². The third kappa shape index (κ3) is 4.29. The highest BCUT2D eigenvalue weighted by molar-refractivity contribution is 5.94. The highest BCUT2D eigenvalue weighted by atomic mass is 16.5. The van der Waals surface area contributed by atoms with Gasteiger partial charge in [-0.25, -0.2) is 0 Å². The molecule has 0 atom stereocenters. The second-order valence-corrected chi connectivity index (χ2v) is 6.03. The van der Waals surface area contributed by atoms with Crippen molar-refractivity contribution in [3.05, 3.63) is 35.4 Å². The second kappa shape index (κ2) is 7.57. The van der Waals surface area contributed by atoms with Crippen molar-refractivity contribution in [2.75, 3.05) is 20.3 Å². The highest BCUT2D eigenvalue weighted by Gasteiger charge is 2.33. The number of ether oxygens (including phenoxy) is 1. The number of rotatable bonds is 7. The fraction of sp³-hybridized carbons (Fsp3) is 0.588. The van der Waals surface area contributed by atoms with Crippen LogP contribution in [0.2, 0.25) is 0 Å². The quantitative estimate of drug-likeness (QED) is 0.811. The number of carbonyl (C=O) groups is 1. The maximum absolute atomic E-state index is 12.2. The van der Waals surface area contributed by atoms with Crippen LogP contribution < -0.4 is 11.1 Å². The van der Waals surface area contributed by atoms with E-state index in [-0.39, 0.29) is 11.3 Å². The molecule has 116 valence electrons. The summed E-state index contributed by atoms with van der Waals surface area (Å²) in [5.74, 6) is 0.00210. The number of amides is 1. The molecule has 4 heteroatoms. The summed E-state index contributed by atoms with van der Waals surface area (Å²) in [4.78, 5) is 12.2. The van der Waals surface area contributed by atoms with E-state index in [0.29, 0.717) is 12.1 Å². The van der Waals surface area contributed by atoms with Crippen LogP contribution in [0.5, 0.6) is 0 Å². The zero-order chi connectivity index (χ0) is 15.1. The second-order valence-electron chi connectivity index (χ2n) is 6.03. The van der Waals surface area contributed by atoms with E-state index in [2.05, 4.69) is 5.32 Å². The monoisotopic (exact) mass is 290 g/mol. The van der Waals surface area contributed by atoms with Gasteiger partial charge in [0.1, 0.15) is 0 Å². The molecule has 0 radical (unpaired) electrons. The maximum Gasteiger partial charge on any atom is 0.251 e. The first-order chi connectivity index (χ1) is 10.2. The van der Waals surface area contributed by atoms with Crippen LogP contribution in [0.3, 0.4) is 0 Å². The fourth-order valence-electron chi connectivity index (χ4n) is 3.12. The Hall–Kier alpha value is -1.39. The molecule has 0 unspecified atom stereocenters. The Morgan fingerprint density at radius 3 is 2.52 bits per heavy atom. The summed E-state index contributed by atoms with van der Waals surface area (Å²) in [5.41, 5.74) is 7.54. The van der Waals surface area contributed by atoms with E-state index in [9.17, 15) is 4.79 Å². The molecule has 0 aromatic heterocycles. The fourth-order valence-corrected chi connectivity index (χ4v) is 3.12. The van der Waals surface area contributed by atoms with Gasteiger partial charge in [0.25, 0.3) is 5.91 Å². The molecule has 1 amide bonds. The standard InChI is InChI=1S/C17H26N2O2/c1-21-11-10-17(8-2-3-9-17)13-19-16(20)15-6-4-14(12-18)5-7-15/h4-7H,2-3,8-13,18H2,1H3,(H,19,20). The minimum atomic E-state index is 0.00210. The van der Waals surface area contributed by atoms with Crippen molar-refractivity contribution in [2.45, 2.75) is 38.6 Å². The lowest BCUT2D eigenvalue weighted by Crippen LogP contribution is -2.36. The molecule has 4 nitrogen and oxygen atoms in total. The molecule has 1 fully saturated rings. The van der Waals surface area contributed by atoms with Gasteiger partial charge < -0.3 is 15.8 Å². The van der Waals surface area contributed by atoms with E-state index in [1.165, 1.54) is 25.7 Å². The van der Waals surface area contributed by atoms with Crippen molar-refractivity contribution in [2.24, 2.45) is 11.1 Å². The summed E-state index contributed by atoms with van der Waals surface area (Å²) >= 11 is 0. The highest BCUT2D eigenvalue weighted by Crippen LogP contribution is 2.40. The Kier molecular flexibility index (Phi) is 5.76. The predicted octanol–water partition coefficient (Wildman–Crippen LogP) is 2.47. The molecule has 1 aliphatic rings. The van der Waals surface area contributed by atoms with Crippen LogP contribution in [0.25, 0.3) is 0 Å². The molecule has 0 aliphatic heterocycles. The Morgan fingerprint density at radius 2 is 1.95 bits per heavy atom. The molecule has 21 heavy (non-hydrogen) atoms. The van der Waals surface area contributed by atoms with E-state index < -0.39 is 0 Å². The predicted molar refractivity (Wildman–Crippen MR) is 84.1 cm³/mol. The third-order valence-corrected chi connectivity index (χ3v) is 4.58. The number of methoxy groups -OCH3 is 1. The molecule has 1 aromatic carbocycles. The number of nitrogens with two attached hydrogens (primary N) is 1. The molecule has 0 saturated heterocycles. The van der Waals surface area contributed by atoms with Crippen LogP contribution in [-0.2, 0) is 11.3 Å². The molecule has 1 saturated carbocycles. The van der Waals surface area contributed by atoms with Crippen molar-refractivity contribution in [1.29, 1.82) is 0 Å². The van der Waals surface area contributed by atoms with E-state index >= 15 is 0 Å². The lowest BCUT2D eigenvalue weighted by molar-refractivity contribution is 0.0903.